The fraction of sp³-hybridized carbons (Fsp3) is 0.714. The summed E-state index contributed by atoms with van der Waals surface area (Å²) in [5, 5.41) is 3.33. The fourth-order valence-electron chi connectivity index (χ4n) is 2.19. The molecule has 2 rings (SSSR count). The van der Waals surface area contributed by atoms with Crippen LogP contribution in [0.25, 0.3) is 0 Å². The number of rotatable bonds is 7. The molecule has 1 heterocycles. The van der Waals surface area contributed by atoms with Crippen molar-refractivity contribution in [2.24, 2.45) is 5.92 Å². The Morgan fingerprint density at radius 1 is 1.33 bits per heavy atom. The number of aromatic nitrogens is 2. The average Bonchev–Trinajstić information content (AvgIpc) is 2.35. The molecule has 0 atom stereocenters. The van der Waals surface area contributed by atoms with Crippen LogP contribution in [0.1, 0.15) is 38.3 Å². The van der Waals surface area contributed by atoms with Crippen LogP contribution in [0.5, 0.6) is 0 Å². The highest BCUT2D eigenvalue weighted by Crippen LogP contribution is 2.27. The van der Waals surface area contributed by atoms with Crippen molar-refractivity contribution in [1.29, 1.82) is 0 Å². The van der Waals surface area contributed by atoms with E-state index in [9.17, 15) is 0 Å². The third kappa shape index (κ3) is 3.67. The molecule has 0 radical (unpaired) electrons. The first-order valence-electron chi connectivity index (χ1n) is 7.02. The molecule has 4 nitrogen and oxygen atoms in total. The van der Waals surface area contributed by atoms with E-state index < -0.39 is 0 Å². The van der Waals surface area contributed by atoms with Crippen LogP contribution < -0.4 is 10.2 Å². The van der Waals surface area contributed by atoms with Crippen molar-refractivity contribution in [3.05, 3.63) is 18.1 Å². The summed E-state index contributed by atoms with van der Waals surface area (Å²) in [6.07, 6.45) is 9.06. The molecule has 0 spiro atoms. The Balaban J connectivity index is 1.81. The maximum absolute atomic E-state index is 4.49. The van der Waals surface area contributed by atoms with Crippen LogP contribution in [0, 0.1) is 5.92 Å². The lowest BCUT2D eigenvalue weighted by Crippen LogP contribution is -2.30. The molecule has 0 unspecified atom stereocenters. The van der Waals surface area contributed by atoms with Crippen LogP contribution >= 0.6 is 0 Å². The zero-order valence-electron chi connectivity index (χ0n) is 11.5. The third-order valence-electron chi connectivity index (χ3n) is 3.57. The van der Waals surface area contributed by atoms with E-state index in [0.717, 1.165) is 43.5 Å². The lowest BCUT2D eigenvalue weighted by molar-refractivity contribution is 0.321. The van der Waals surface area contributed by atoms with E-state index in [4.69, 9.17) is 0 Å². The van der Waals surface area contributed by atoms with Gasteiger partial charge >= 0.3 is 0 Å². The van der Waals surface area contributed by atoms with Gasteiger partial charge < -0.3 is 10.2 Å². The molecule has 0 aliphatic heterocycles. The van der Waals surface area contributed by atoms with Gasteiger partial charge in [-0.05, 0) is 31.7 Å². The van der Waals surface area contributed by atoms with E-state index in [2.05, 4.69) is 34.2 Å². The first-order valence-corrected chi connectivity index (χ1v) is 7.02. The topological polar surface area (TPSA) is 41.1 Å². The van der Waals surface area contributed by atoms with E-state index in [-0.39, 0.29) is 0 Å². The molecule has 100 valence electrons. The van der Waals surface area contributed by atoms with Gasteiger partial charge in [0.1, 0.15) is 5.82 Å². The Morgan fingerprint density at radius 2 is 2.17 bits per heavy atom. The van der Waals surface area contributed by atoms with E-state index in [0.29, 0.717) is 0 Å². The molecular formula is C14H24N4. The van der Waals surface area contributed by atoms with Crippen LogP contribution in [0.4, 0.5) is 5.82 Å². The van der Waals surface area contributed by atoms with Crippen LogP contribution in [0.3, 0.4) is 0 Å². The molecule has 0 amide bonds. The largest absolute Gasteiger partial charge is 0.358 e. The molecular weight excluding hydrogens is 224 g/mol. The Labute approximate surface area is 110 Å². The van der Waals surface area contributed by atoms with E-state index in [1.807, 2.05) is 12.4 Å². The lowest BCUT2D eigenvalue weighted by atomic mass is 9.85. The highest BCUT2D eigenvalue weighted by Gasteiger charge is 2.19. The summed E-state index contributed by atoms with van der Waals surface area (Å²) in [7, 11) is 2.11. The van der Waals surface area contributed by atoms with Gasteiger partial charge in [-0.1, -0.05) is 13.3 Å². The second-order valence-electron chi connectivity index (χ2n) is 5.22. The molecule has 1 saturated carbocycles. The van der Waals surface area contributed by atoms with E-state index in [1.165, 1.54) is 19.3 Å². The van der Waals surface area contributed by atoms with Crippen molar-refractivity contribution in [2.45, 2.75) is 39.2 Å². The van der Waals surface area contributed by atoms with Crippen molar-refractivity contribution in [3.8, 4) is 0 Å². The molecule has 1 aliphatic rings. The van der Waals surface area contributed by atoms with Crippen LogP contribution in [-0.4, -0.2) is 30.1 Å². The standard InChI is InChI=1S/C14H24N4/c1-3-7-15-8-13-9-17-14(10-16-13)18(2)11-12-5-4-6-12/h9-10,12,15H,3-8,11H2,1-2H3. The Bertz CT molecular complexity index is 345. The van der Waals surface area contributed by atoms with Crippen molar-refractivity contribution >= 4 is 5.82 Å². The molecule has 1 fully saturated rings. The molecule has 1 aliphatic carbocycles. The predicted molar refractivity (Wildman–Crippen MR) is 74.6 cm³/mol. The van der Waals surface area contributed by atoms with Crippen molar-refractivity contribution in [2.75, 3.05) is 25.0 Å². The molecule has 4 heteroatoms. The smallest absolute Gasteiger partial charge is 0.146 e. The van der Waals surface area contributed by atoms with Crippen LogP contribution in [0.2, 0.25) is 0 Å². The summed E-state index contributed by atoms with van der Waals surface area (Å²) in [5.41, 5.74) is 1.02. The highest BCUT2D eigenvalue weighted by molar-refractivity contribution is 5.34. The number of hydrogen-bond donors (Lipinski definition) is 1. The summed E-state index contributed by atoms with van der Waals surface area (Å²) in [6, 6.07) is 0. The van der Waals surface area contributed by atoms with Crippen molar-refractivity contribution in [1.82, 2.24) is 15.3 Å². The molecule has 0 bridgehead atoms. The van der Waals surface area contributed by atoms with Gasteiger partial charge in [-0.15, -0.1) is 0 Å². The number of hydrogen-bond acceptors (Lipinski definition) is 4. The van der Waals surface area contributed by atoms with Gasteiger partial charge in [0.25, 0.3) is 0 Å². The molecule has 1 N–H and O–H groups in total. The minimum atomic E-state index is 0.813. The molecule has 0 saturated heterocycles. The molecule has 1 aromatic heterocycles. The summed E-state index contributed by atoms with van der Waals surface area (Å²) in [4.78, 5) is 11.2. The second-order valence-corrected chi connectivity index (χ2v) is 5.22. The summed E-state index contributed by atoms with van der Waals surface area (Å²) < 4.78 is 0. The average molecular weight is 248 g/mol. The van der Waals surface area contributed by atoms with Gasteiger partial charge in [-0.25, -0.2) is 4.98 Å². The number of nitrogens with one attached hydrogen (secondary N) is 1. The first kappa shape index (κ1) is 13.3. The molecule has 18 heavy (non-hydrogen) atoms. The third-order valence-corrected chi connectivity index (χ3v) is 3.57. The monoisotopic (exact) mass is 248 g/mol. The Morgan fingerprint density at radius 3 is 2.72 bits per heavy atom. The van der Waals surface area contributed by atoms with Gasteiger partial charge in [0, 0.05) is 20.1 Å². The van der Waals surface area contributed by atoms with Gasteiger partial charge in [-0.2, -0.15) is 0 Å². The predicted octanol–water partition coefficient (Wildman–Crippen LogP) is 2.21. The zero-order valence-corrected chi connectivity index (χ0v) is 11.5. The van der Waals surface area contributed by atoms with Gasteiger partial charge in [0.15, 0.2) is 0 Å². The van der Waals surface area contributed by atoms with Crippen LogP contribution in [0.15, 0.2) is 12.4 Å². The zero-order chi connectivity index (χ0) is 12.8. The van der Waals surface area contributed by atoms with Crippen molar-refractivity contribution in [3.63, 3.8) is 0 Å². The highest BCUT2D eigenvalue weighted by atomic mass is 15.2. The summed E-state index contributed by atoms with van der Waals surface area (Å²) in [6.45, 7) is 5.12. The van der Waals surface area contributed by atoms with Gasteiger partial charge in [0.2, 0.25) is 0 Å². The van der Waals surface area contributed by atoms with E-state index >= 15 is 0 Å². The number of nitrogens with zero attached hydrogens (tertiary/aromatic N) is 3. The minimum absolute atomic E-state index is 0.813. The normalized spacial score (nSPS) is 15.4. The maximum atomic E-state index is 4.49. The van der Waals surface area contributed by atoms with E-state index in [1.54, 1.807) is 0 Å². The first-order chi connectivity index (χ1) is 8.79. The lowest BCUT2D eigenvalue weighted by Gasteiger charge is -2.30. The number of anilines is 1. The van der Waals surface area contributed by atoms with Gasteiger partial charge in [0.05, 0.1) is 18.1 Å². The van der Waals surface area contributed by atoms with Gasteiger partial charge in [-0.3, -0.25) is 4.98 Å². The maximum Gasteiger partial charge on any atom is 0.146 e. The molecule has 1 aromatic rings. The Hall–Kier alpha value is -1.16. The SMILES string of the molecule is CCCNCc1cnc(N(C)CC2CCC2)cn1. The minimum Gasteiger partial charge on any atom is -0.358 e. The Kier molecular flexibility index (Phi) is 4.93. The molecule has 0 aromatic carbocycles. The quantitative estimate of drug-likeness (QED) is 0.751. The van der Waals surface area contributed by atoms with Crippen molar-refractivity contribution < 1.29 is 0 Å². The van der Waals surface area contributed by atoms with Crippen LogP contribution in [-0.2, 0) is 6.54 Å². The summed E-state index contributed by atoms with van der Waals surface area (Å²) in [5.74, 6) is 1.85. The summed E-state index contributed by atoms with van der Waals surface area (Å²) >= 11 is 0. The fourth-order valence-corrected chi connectivity index (χ4v) is 2.19. The second kappa shape index (κ2) is 6.69.